The number of nitrogens with two attached hydrogens (primary N) is 2. The molecule has 0 fully saturated rings. The highest BCUT2D eigenvalue weighted by atomic mass is 19.1. The molecule has 4 N–H and O–H groups in total. The summed E-state index contributed by atoms with van der Waals surface area (Å²) in [6.07, 6.45) is 3.51. The Bertz CT molecular complexity index is 295. The monoisotopic (exact) mass is 166 g/mol. The minimum atomic E-state index is -0.394. The molecule has 1 aromatic rings. The molecule has 0 heterocycles. The van der Waals surface area contributed by atoms with Crippen molar-refractivity contribution in [2.24, 2.45) is 5.73 Å². The SMILES string of the molecule is NCC=Cc1ccc(N)c(F)c1. The average molecular weight is 166 g/mol. The molecule has 0 aliphatic heterocycles. The van der Waals surface area contributed by atoms with Gasteiger partial charge in [-0.1, -0.05) is 18.2 Å². The van der Waals surface area contributed by atoms with Crippen LogP contribution in [0.3, 0.4) is 0 Å². The van der Waals surface area contributed by atoms with Crippen molar-refractivity contribution in [3.63, 3.8) is 0 Å². The molecule has 1 rings (SSSR count). The fraction of sp³-hybridized carbons (Fsp3) is 0.111. The van der Waals surface area contributed by atoms with Crippen LogP contribution in [-0.4, -0.2) is 6.54 Å². The van der Waals surface area contributed by atoms with Gasteiger partial charge in [0.2, 0.25) is 0 Å². The van der Waals surface area contributed by atoms with Gasteiger partial charge in [0, 0.05) is 6.54 Å². The second kappa shape index (κ2) is 3.88. The largest absolute Gasteiger partial charge is 0.396 e. The van der Waals surface area contributed by atoms with E-state index in [1.807, 2.05) is 0 Å². The molecular formula is C9H11FN2. The van der Waals surface area contributed by atoms with Gasteiger partial charge in [-0.3, -0.25) is 0 Å². The summed E-state index contributed by atoms with van der Waals surface area (Å²) >= 11 is 0. The molecule has 0 unspecified atom stereocenters. The lowest BCUT2D eigenvalue weighted by atomic mass is 10.2. The summed E-state index contributed by atoms with van der Waals surface area (Å²) in [6.45, 7) is 0.450. The lowest BCUT2D eigenvalue weighted by Crippen LogP contribution is -1.93. The Morgan fingerprint density at radius 1 is 1.42 bits per heavy atom. The summed E-state index contributed by atoms with van der Waals surface area (Å²) in [6, 6.07) is 4.65. The van der Waals surface area contributed by atoms with Crippen LogP contribution >= 0.6 is 0 Å². The van der Waals surface area contributed by atoms with Gasteiger partial charge in [0.05, 0.1) is 5.69 Å². The van der Waals surface area contributed by atoms with E-state index in [1.165, 1.54) is 12.1 Å². The normalized spacial score (nSPS) is 10.8. The predicted molar refractivity (Wildman–Crippen MR) is 48.9 cm³/mol. The Kier molecular flexibility index (Phi) is 2.82. The number of nitrogen functional groups attached to an aromatic ring is 1. The van der Waals surface area contributed by atoms with Gasteiger partial charge in [-0.15, -0.1) is 0 Å². The highest BCUT2D eigenvalue weighted by molar-refractivity contribution is 5.54. The fourth-order valence-corrected chi connectivity index (χ4v) is 0.851. The quantitative estimate of drug-likeness (QED) is 0.652. The van der Waals surface area contributed by atoms with Gasteiger partial charge in [-0.2, -0.15) is 0 Å². The molecule has 12 heavy (non-hydrogen) atoms. The Balaban J connectivity index is 2.89. The molecule has 3 heteroatoms. The van der Waals surface area contributed by atoms with E-state index in [1.54, 1.807) is 18.2 Å². The first-order valence-electron chi connectivity index (χ1n) is 3.65. The molecule has 0 atom stereocenters. The lowest BCUT2D eigenvalue weighted by Gasteiger charge is -1.96. The van der Waals surface area contributed by atoms with Gasteiger partial charge in [-0.25, -0.2) is 4.39 Å². The number of hydrogen-bond donors (Lipinski definition) is 2. The van der Waals surface area contributed by atoms with E-state index >= 15 is 0 Å². The summed E-state index contributed by atoms with van der Waals surface area (Å²) in [5, 5.41) is 0. The van der Waals surface area contributed by atoms with Crippen LogP contribution in [0, 0.1) is 5.82 Å². The first kappa shape index (κ1) is 8.74. The topological polar surface area (TPSA) is 52.0 Å². The Hall–Kier alpha value is -1.35. The molecule has 0 bridgehead atoms. The third-order valence-electron chi connectivity index (χ3n) is 1.47. The summed E-state index contributed by atoms with van der Waals surface area (Å²) in [7, 11) is 0. The zero-order valence-electron chi connectivity index (χ0n) is 6.63. The van der Waals surface area contributed by atoms with E-state index in [4.69, 9.17) is 11.5 Å². The van der Waals surface area contributed by atoms with Crippen molar-refractivity contribution in [2.45, 2.75) is 0 Å². The maximum absolute atomic E-state index is 12.8. The van der Waals surface area contributed by atoms with Crippen LogP contribution in [0.15, 0.2) is 24.3 Å². The minimum absolute atomic E-state index is 0.167. The molecule has 0 amide bonds. The van der Waals surface area contributed by atoms with Crippen molar-refractivity contribution in [1.29, 1.82) is 0 Å². The van der Waals surface area contributed by atoms with Gasteiger partial charge in [0.25, 0.3) is 0 Å². The highest BCUT2D eigenvalue weighted by Crippen LogP contribution is 2.12. The van der Waals surface area contributed by atoms with E-state index in [9.17, 15) is 4.39 Å². The molecule has 0 saturated carbocycles. The molecule has 0 saturated heterocycles. The van der Waals surface area contributed by atoms with Crippen molar-refractivity contribution >= 4 is 11.8 Å². The third kappa shape index (κ3) is 2.07. The van der Waals surface area contributed by atoms with Crippen LogP contribution < -0.4 is 11.5 Å². The van der Waals surface area contributed by atoms with Crippen LogP contribution in [0.4, 0.5) is 10.1 Å². The average Bonchev–Trinajstić information content (AvgIpc) is 2.07. The zero-order chi connectivity index (χ0) is 8.97. The number of benzene rings is 1. The maximum Gasteiger partial charge on any atom is 0.146 e. The fourth-order valence-electron chi connectivity index (χ4n) is 0.851. The molecule has 0 aliphatic rings. The number of halogens is 1. The molecule has 0 aromatic heterocycles. The third-order valence-corrected chi connectivity index (χ3v) is 1.47. The number of hydrogen-bond acceptors (Lipinski definition) is 2. The molecule has 0 aliphatic carbocycles. The summed E-state index contributed by atoms with van der Waals surface area (Å²) in [5.74, 6) is -0.394. The van der Waals surface area contributed by atoms with Gasteiger partial charge in [-0.05, 0) is 17.7 Å². The number of rotatable bonds is 2. The second-order valence-electron chi connectivity index (χ2n) is 2.42. The van der Waals surface area contributed by atoms with E-state index in [2.05, 4.69) is 0 Å². The zero-order valence-corrected chi connectivity index (χ0v) is 6.63. The first-order valence-corrected chi connectivity index (χ1v) is 3.65. The lowest BCUT2D eigenvalue weighted by molar-refractivity contribution is 0.632. The smallest absolute Gasteiger partial charge is 0.146 e. The van der Waals surface area contributed by atoms with Crippen molar-refractivity contribution < 1.29 is 4.39 Å². The molecule has 64 valence electrons. The second-order valence-corrected chi connectivity index (χ2v) is 2.42. The van der Waals surface area contributed by atoms with Gasteiger partial charge in [0.1, 0.15) is 5.82 Å². The Morgan fingerprint density at radius 2 is 2.17 bits per heavy atom. The summed E-state index contributed by atoms with van der Waals surface area (Å²) in [5.41, 5.74) is 11.5. The van der Waals surface area contributed by atoms with Crippen molar-refractivity contribution in [3.8, 4) is 0 Å². The van der Waals surface area contributed by atoms with Crippen LogP contribution in [-0.2, 0) is 0 Å². The molecule has 0 radical (unpaired) electrons. The maximum atomic E-state index is 12.8. The van der Waals surface area contributed by atoms with Crippen LogP contribution in [0.5, 0.6) is 0 Å². The standard InChI is InChI=1S/C9H11FN2/c10-8-6-7(2-1-5-11)3-4-9(8)12/h1-4,6H,5,11-12H2. The van der Waals surface area contributed by atoms with Gasteiger partial charge in [0.15, 0.2) is 0 Å². The van der Waals surface area contributed by atoms with Crippen molar-refractivity contribution in [1.82, 2.24) is 0 Å². The van der Waals surface area contributed by atoms with Crippen LogP contribution in [0.2, 0.25) is 0 Å². The van der Waals surface area contributed by atoms with Crippen molar-refractivity contribution in [2.75, 3.05) is 12.3 Å². The Labute approximate surface area is 70.7 Å². The molecular weight excluding hydrogens is 155 g/mol. The summed E-state index contributed by atoms with van der Waals surface area (Å²) < 4.78 is 12.8. The summed E-state index contributed by atoms with van der Waals surface area (Å²) in [4.78, 5) is 0. The van der Waals surface area contributed by atoms with Gasteiger partial charge < -0.3 is 11.5 Å². The predicted octanol–water partition coefficient (Wildman–Crippen LogP) is 1.38. The van der Waals surface area contributed by atoms with Crippen molar-refractivity contribution in [3.05, 3.63) is 35.7 Å². The van der Waals surface area contributed by atoms with E-state index in [0.29, 0.717) is 6.54 Å². The van der Waals surface area contributed by atoms with Crippen LogP contribution in [0.1, 0.15) is 5.56 Å². The van der Waals surface area contributed by atoms with E-state index in [0.717, 1.165) is 5.56 Å². The van der Waals surface area contributed by atoms with Crippen LogP contribution in [0.25, 0.3) is 6.08 Å². The first-order chi connectivity index (χ1) is 5.74. The molecule has 2 nitrogen and oxygen atoms in total. The van der Waals surface area contributed by atoms with Gasteiger partial charge >= 0.3 is 0 Å². The number of anilines is 1. The van der Waals surface area contributed by atoms with E-state index in [-0.39, 0.29) is 5.69 Å². The molecule has 1 aromatic carbocycles. The highest BCUT2D eigenvalue weighted by Gasteiger charge is 1.96. The molecule has 0 spiro atoms. The Morgan fingerprint density at radius 3 is 2.75 bits per heavy atom. The minimum Gasteiger partial charge on any atom is -0.396 e. The van der Waals surface area contributed by atoms with E-state index < -0.39 is 5.82 Å².